The number of aromatic nitrogens is 1. The predicted molar refractivity (Wildman–Crippen MR) is 68.2 cm³/mol. The normalized spacial score (nSPS) is 13.1. The lowest BCUT2D eigenvalue weighted by Gasteiger charge is -2.25. The fourth-order valence-corrected chi connectivity index (χ4v) is 1.58. The minimum absolute atomic E-state index is 0.00502. The van der Waals surface area contributed by atoms with E-state index in [0.717, 1.165) is 18.3 Å². The highest BCUT2D eigenvalue weighted by atomic mass is 19.4. The number of alkyl halides is 3. The number of anilines is 1. The SMILES string of the molecule is CCN(CC(C)C(=N)N)c1cc(C(F)(F)F)ccn1. The molecule has 0 bridgehead atoms. The summed E-state index contributed by atoms with van der Waals surface area (Å²) in [4.78, 5) is 5.62. The molecule has 4 nitrogen and oxygen atoms in total. The molecule has 0 amide bonds. The average molecular weight is 274 g/mol. The Morgan fingerprint density at radius 3 is 2.63 bits per heavy atom. The van der Waals surface area contributed by atoms with Crippen LogP contribution in [0.1, 0.15) is 19.4 Å². The fourth-order valence-electron chi connectivity index (χ4n) is 1.58. The Bertz CT molecular complexity index is 445. The molecule has 0 aromatic carbocycles. The van der Waals surface area contributed by atoms with Gasteiger partial charge in [0.25, 0.3) is 0 Å². The number of hydrogen-bond donors (Lipinski definition) is 2. The zero-order chi connectivity index (χ0) is 14.6. The molecule has 0 aliphatic carbocycles. The molecule has 0 aliphatic rings. The van der Waals surface area contributed by atoms with E-state index in [1.165, 1.54) is 0 Å². The predicted octanol–water partition coefficient (Wildman–Crippen LogP) is 2.50. The molecule has 0 spiro atoms. The largest absolute Gasteiger partial charge is 0.416 e. The summed E-state index contributed by atoms with van der Waals surface area (Å²) in [6, 6.07) is 1.95. The number of nitrogens with zero attached hydrogens (tertiary/aromatic N) is 2. The van der Waals surface area contributed by atoms with Crippen LogP contribution in [0.25, 0.3) is 0 Å². The average Bonchev–Trinajstić information content (AvgIpc) is 2.34. The quantitative estimate of drug-likeness (QED) is 0.640. The number of pyridine rings is 1. The molecule has 19 heavy (non-hydrogen) atoms. The summed E-state index contributed by atoms with van der Waals surface area (Å²) < 4.78 is 37.9. The Morgan fingerprint density at radius 1 is 1.53 bits per heavy atom. The smallest absolute Gasteiger partial charge is 0.387 e. The number of hydrogen-bond acceptors (Lipinski definition) is 3. The number of nitrogens with two attached hydrogens (primary N) is 1. The van der Waals surface area contributed by atoms with E-state index in [4.69, 9.17) is 11.1 Å². The van der Waals surface area contributed by atoms with Crippen LogP contribution in [0.4, 0.5) is 19.0 Å². The Balaban J connectivity index is 2.96. The Kier molecular flexibility index (Phi) is 4.74. The number of nitrogens with one attached hydrogen (secondary N) is 1. The van der Waals surface area contributed by atoms with Gasteiger partial charge in [-0.05, 0) is 19.1 Å². The molecular formula is C12H17F3N4. The fraction of sp³-hybridized carbons (Fsp3) is 0.500. The molecule has 1 aromatic heterocycles. The van der Waals surface area contributed by atoms with Gasteiger partial charge in [0.05, 0.1) is 11.4 Å². The molecule has 1 unspecified atom stereocenters. The maximum atomic E-state index is 12.6. The van der Waals surface area contributed by atoms with Gasteiger partial charge in [-0.15, -0.1) is 0 Å². The summed E-state index contributed by atoms with van der Waals surface area (Å²) in [7, 11) is 0. The van der Waals surface area contributed by atoms with E-state index in [1.807, 2.05) is 6.92 Å². The highest BCUT2D eigenvalue weighted by molar-refractivity contribution is 5.79. The third-order valence-electron chi connectivity index (χ3n) is 2.80. The summed E-state index contributed by atoms with van der Waals surface area (Å²) in [5.74, 6) is 0.00661. The first-order valence-corrected chi connectivity index (χ1v) is 5.87. The summed E-state index contributed by atoms with van der Waals surface area (Å²) >= 11 is 0. The van der Waals surface area contributed by atoms with E-state index in [0.29, 0.717) is 13.1 Å². The lowest BCUT2D eigenvalue weighted by Crippen LogP contribution is -2.35. The van der Waals surface area contributed by atoms with Gasteiger partial charge in [-0.2, -0.15) is 13.2 Å². The second-order valence-corrected chi connectivity index (χ2v) is 4.30. The van der Waals surface area contributed by atoms with Gasteiger partial charge >= 0.3 is 6.18 Å². The third kappa shape index (κ3) is 4.11. The van der Waals surface area contributed by atoms with E-state index >= 15 is 0 Å². The van der Waals surface area contributed by atoms with Crippen LogP contribution < -0.4 is 10.6 Å². The van der Waals surface area contributed by atoms with Crippen LogP contribution in [0.15, 0.2) is 18.3 Å². The van der Waals surface area contributed by atoms with E-state index in [-0.39, 0.29) is 17.6 Å². The molecule has 0 radical (unpaired) electrons. The summed E-state index contributed by atoms with van der Waals surface area (Å²) in [5.41, 5.74) is 4.64. The molecule has 106 valence electrons. The van der Waals surface area contributed by atoms with Crippen LogP contribution in [-0.4, -0.2) is 23.9 Å². The van der Waals surface area contributed by atoms with E-state index < -0.39 is 11.7 Å². The van der Waals surface area contributed by atoms with Crippen LogP contribution in [0.5, 0.6) is 0 Å². The molecule has 3 N–H and O–H groups in total. The van der Waals surface area contributed by atoms with Crippen LogP contribution >= 0.6 is 0 Å². The van der Waals surface area contributed by atoms with Crippen molar-refractivity contribution >= 4 is 11.7 Å². The monoisotopic (exact) mass is 274 g/mol. The molecule has 0 aliphatic heterocycles. The maximum absolute atomic E-state index is 12.6. The Hall–Kier alpha value is -1.79. The highest BCUT2D eigenvalue weighted by Gasteiger charge is 2.31. The van der Waals surface area contributed by atoms with Crippen molar-refractivity contribution in [2.75, 3.05) is 18.0 Å². The van der Waals surface area contributed by atoms with Gasteiger partial charge in [-0.25, -0.2) is 4.98 Å². The van der Waals surface area contributed by atoms with Gasteiger partial charge in [0, 0.05) is 25.2 Å². The third-order valence-corrected chi connectivity index (χ3v) is 2.80. The first-order chi connectivity index (χ1) is 8.75. The van der Waals surface area contributed by atoms with Crippen molar-refractivity contribution in [1.29, 1.82) is 5.41 Å². The maximum Gasteiger partial charge on any atom is 0.416 e. The molecule has 0 fully saturated rings. The number of amidine groups is 1. The van der Waals surface area contributed by atoms with E-state index in [1.54, 1.807) is 11.8 Å². The van der Waals surface area contributed by atoms with Crippen LogP contribution in [0.3, 0.4) is 0 Å². The Morgan fingerprint density at radius 2 is 2.16 bits per heavy atom. The van der Waals surface area contributed by atoms with Crippen molar-refractivity contribution in [2.45, 2.75) is 20.0 Å². The summed E-state index contributed by atoms with van der Waals surface area (Å²) in [6.07, 6.45) is -3.25. The van der Waals surface area contributed by atoms with Gasteiger partial charge < -0.3 is 10.6 Å². The molecule has 1 aromatic rings. The number of rotatable bonds is 5. The minimum atomic E-state index is -4.39. The molecular weight excluding hydrogens is 257 g/mol. The topological polar surface area (TPSA) is 66.0 Å². The first-order valence-electron chi connectivity index (χ1n) is 5.87. The standard InChI is InChI=1S/C12H17F3N4/c1-3-19(7-8(2)11(16)17)10-6-9(4-5-18-10)12(13,14)15/h4-6,8H,3,7H2,1-2H3,(H3,16,17). The summed E-state index contributed by atoms with van der Waals surface area (Å²) in [5, 5.41) is 7.32. The zero-order valence-corrected chi connectivity index (χ0v) is 10.8. The van der Waals surface area contributed by atoms with E-state index in [9.17, 15) is 13.2 Å². The molecule has 0 saturated heterocycles. The minimum Gasteiger partial charge on any atom is -0.387 e. The first kappa shape index (κ1) is 15.3. The van der Waals surface area contributed by atoms with Gasteiger partial charge in [0.2, 0.25) is 0 Å². The lowest BCUT2D eigenvalue weighted by molar-refractivity contribution is -0.137. The highest BCUT2D eigenvalue weighted by Crippen LogP contribution is 2.30. The molecule has 1 rings (SSSR count). The van der Waals surface area contributed by atoms with Gasteiger partial charge in [-0.3, -0.25) is 5.41 Å². The van der Waals surface area contributed by atoms with Crippen LogP contribution in [0.2, 0.25) is 0 Å². The molecule has 7 heteroatoms. The van der Waals surface area contributed by atoms with Crippen molar-refractivity contribution in [3.05, 3.63) is 23.9 Å². The van der Waals surface area contributed by atoms with Crippen LogP contribution in [0, 0.1) is 11.3 Å². The van der Waals surface area contributed by atoms with Crippen molar-refractivity contribution in [3.63, 3.8) is 0 Å². The van der Waals surface area contributed by atoms with Crippen molar-refractivity contribution in [2.24, 2.45) is 11.7 Å². The van der Waals surface area contributed by atoms with Crippen molar-refractivity contribution in [1.82, 2.24) is 4.98 Å². The van der Waals surface area contributed by atoms with Crippen molar-refractivity contribution in [3.8, 4) is 0 Å². The number of halogens is 3. The molecule has 1 atom stereocenters. The lowest BCUT2D eigenvalue weighted by atomic mass is 10.1. The van der Waals surface area contributed by atoms with Crippen molar-refractivity contribution < 1.29 is 13.2 Å². The summed E-state index contributed by atoms with van der Waals surface area (Å²) in [6.45, 7) is 4.42. The van der Waals surface area contributed by atoms with Gasteiger partial charge in [0.1, 0.15) is 5.82 Å². The molecule has 1 heterocycles. The van der Waals surface area contributed by atoms with E-state index in [2.05, 4.69) is 4.98 Å². The second-order valence-electron chi connectivity index (χ2n) is 4.30. The molecule has 0 saturated carbocycles. The zero-order valence-electron chi connectivity index (χ0n) is 10.8. The van der Waals surface area contributed by atoms with Crippen LogP contribution in [-0.2, 0) is 6.18 Å². The second kappa shape index (κ2) is 5.90. The van der Waals surface area contributed by atoms with Gasteiger partial charge in [0.15, 0.2) is 0 Å². The van der Waals surface area contributed by atoms with Gasteiger partial charge in [-0.1, -0.05) is 6.92 Å². The Labute approximate surface area is 109 Å².